The normalized spacial score (nSPS) is 21.8. The molecule has 1 aliphatic heterocycles. The van der Waals surface area contributed by atoms with Gasteiger partial charge in [-0.3, -0.25) is 4.90 Å². The van der Waals surface area contributed by atoms with E-state index in [9.17, 15) is 0 Å². The zero-order valence-electron chi connectivity index (χ0n) is 9.06. The van der Waals surface area contributed by atoms with E-state index >= 15 is 0 Å². The van der Waals surface area contributed by atoms with E-state index in [1.165, 1.54) is 30.8 Å². The average Bonchev–Trinajstić information content (AvgIpc) is 2.65. The maximum Gasteiger partial charge on any atom is 0.108 e. The summed E-state index contributed by atoms with van der Waals surface area (Å²) < 4.78 is 1.11. The van der Waals surface area contributed by atoms with E-state index in [-0.39, 0.29) is 12.4 Å². The first kappa shape index (κ1) is 14.4. The van der Waals surface area contributed by atoms with E-state index in [0.29, 0.717) is 6.04 Å². The second kappa shape index (κ2) is 6.91. The van der Waals surface area contributed by atoms with Crippen molar-refractivity contribution in [3.63, 3.8) is 0 Å². The van der Waals surface area contributed by atoms with E-state index in [1.807, 2.05) is 6.20 Å². The van der Waals surface area contributed by atoms with Gasteiger partial charge in [0.25, 0.3) is 0 Å². The van der Waals surface area contributed by atoms with Crippen molar-refractivity contribution < 1.29 is 0 Å². The minimum Gasteiger partial charge on any atom is -0.329 e. The molecule has 1 unspecified atom stereocenters. The summed E-state index contributed by atoms with van der Waals surface area (Å²) in [4.78, 5) is 6.83. The Morgan fingerprint density at radius 1 is 1.56 bits per heavy atom. The monoisotopic (exact) mass is 325 g/mol. The van der Waals surface area contributed by atoms with Crippen molar-refractivity contribution in [2.75, 3.05) is 13.1 Å². The van der Waals surface area contributed by atoms with Gasteiger partial charge in [0, 0.05) is 12.6 Å². The van der Waals surface area contributed by atoms with Gasteiger partial charge < -0.3 is 5.73 Å². The van der Waals surface area contributed by atoms with Crippen molar-refractivity contribution in [3.05, 3.63) is 15.0 Å². The average molecular weight is 327 g/mol. The van der Waals surface area contributed by atoms with Crippen LogP contribution in [0.5, 0.6) is 0 Å². The maximum absolute atomic E-state index is 5.78. The van der Waals surface area contributed by atoms with Crippen molar-refractivity contribution in [1.82, 2.24) is 9.88 Å². The van der Waals surface area contributed by atoms with Crippen LogP contribution in [0.4, 0.5) is 0 Å². The molecule has 1 aliphatic rings. The van der Waals surface area contributed by atoms with Gasteiger partial charge in [0.05, 0.1) is 16.5 Å². The zero-order valence-corrected chi connectivity index (χ0v) is 12.3. The van der Waals surface area contributed by atoms with E-state index in [2.05, 4.69) is 25.8 Å². The molecule has 0 amide bonds. The molecule has 1 aromatic heterocycles. The van der Waals surface area contributed by atoms with Crippen molar-refractivity contribution >= 4 is 39.7 Å². The Kier molecular flexibility index (Phi) is 6.21. The molecule has 0 saturated carbocycles. The van der Waals surface area contributed by atoms with Crippen molar-refractivity contribution in [2.45, 2.75) is 31.8 Å². The fourth-order valence-corrected chi connectivity index (χ4v) is 3.40. The molecule has 16 heavy (non-hydrogen) atoms. The largest absolute Gasteiger partial charge is 0.329 e. The van der Waals surface area contributed by atoms with Crippen molar-refractivity contribution in [1.29, 1.82) is 0 Å². The Labute approximate surface area is 115 Å². The van der Waals surface area contributed by atoms with E-state index in [0.717, 1.165) is 16.9 Å². The number of likely N-dealkylation sites (tertiary alicyclic amines) is 1. The quantitative estimate of drug-likeness (QED) is 0.928. The minimum absolute atomic E-state index is 0. The fraction of sp³-hybridized carbons (Fsp3) is 0.700. The number of rotatable bonds is 3. The Balaban J connectivity index is 0.00000128. The lowest BCUT2D eigenvalue weighted by Crippen LogP contribution is -2.43. The SMILES string of the molecule is Cl.NCC1CCCCN1Cc1ncc(Br)s1. The van der Waals surface area contributed by atoms with Gasteiger partial charge in [-0.1, -0.05) is 6.42 Å². The smallest absolute Gasteiger partial charge is 0.108 e. The highest BCUT2D eigenvalue weighted by molar-refractivity contribution is 9.11. The summed E-state index contributed by atoms with van der Waals surface area (Å²) in [6.07, 6.45) is 5.73. The van der Waals surface area contributed by atoms with Crippen LogP contribution in [0, 0.1) is 0 Å². The summed E-state index contributed by atoms with van der Waals surface area (Å²) in [5, 5.41) is 1.18. The summed E-state index contributed by atoms with van der Waals surface area (Å²) in [5.74, 6) is 0. The summed E-state index contributed by atoms with van der Waals surface area (Å²) in [7, 11) is 0. The lowest BCUT2D eigenvalue weighted by Gasteiger charge is -2.34. The van der Waals surface area contributed by atoms with Crippen LogP contribution >= 0.6 is 39.7 Å². The number of halogens is 2. The molecule has 92 valence electrons. The lowest BCUT2D eigenvalue weighted by atomic mass is 10.0. The second-order valence-electron chi connectivity index (χ2n) is 3.91. The van der Waals surface area contributed by atoms with Gasteiger partial charge in [-0.25, -0.2) is 4.98 Å². The number of nitrogens with zero attached hydrogens (tertiary/aromatic N) is 2. The third kappa shape index (κ3) is 3.67. The van der Waals surface area contributed by atoms with E-state index in [1.54, 1.807) is 11.3 Å². The number of aromatic nitrogens is 1. The predicted molar refractivity (Wildman–Crippen MR) is 74.2 cm³/mol. The molecule has 1 atom stereocenters. The van der Waals surface area contributed by atoms with Crippen LogP contribution in [-0.2, 0) is 6.54 Å². The molecule has 0 radical (unpaired) electrons. The zero-order chi connectivity index (χ0) is 10.7. The molecule has 0 bridgehead atoms. The van der Waals surface area contributed by atoms with Gasteiger partial charge in [-0.05, 0) is 35.3 Å². The Hall–Kier alpha value is 0.320. The third-order valence-corrected chi connectivity index (χ3v) is 4.35. The topological polar surface area (TPSA) is 42.1 Å². The maximum atomic E-state index is 5.78. The number of thiazole rings is 1. The van der Waals surface area contributed by atoms with Gasteiger partial charge in [0.1, 0.15) is 5.01 Å². The van der Waals surface area contributed by atoms with Crippen LogP contribution in [0.15, 0.2) is 9.98 Å². The van der Waals surface area contributed by atoms with E-state index < -0.39 is 0 Å². The Morgan fingerprint density at radius 3 is 3.00 bits per heavy atom. The summed E-state index contributed by atoms with van der Waals surface area (Å²) >= 11 is 5.16. The highest BCUT2D eigenvalue weighted by Crippen LogP contribution is 2.23. The number of hydrogen-bond donors (Lipinski definition) is 1. The first-order chi connectivity index (χ1) is 7.29. The number of hydrogen-bond acceptors (Lipinski definition) is 4. The molecule has 1 saturated heterocycles. The van der Waals surface area contributed by atoms with Crippen LogP contribution in [0.1, 0.15) is 24.3 Å². The van der Waals surface area contributed by atoms with Crippen LogP contribution in [0.25, 0.3) is 0 Å². The first-order valence-electron chi connectivity index (χ1n) is 5.34. The first-order valence-corrected chi connectivity index (χ1v) is 6.95. The molecule has 2 heterocycles. The molecule has 2 rings (SSSR count). The Bertz CT molecular complexity index is 321. The second-order valence-corrected chi connectivity index (χ2v) is 6.41. The summed E-state index contributed by atoms with van der Waals surface area (Å²) in [6.45, 7) is 2.89. The molecule has 3 nitrogen and oxygen atoms in total. The highest BCUT2D eigenvalue weighted by atomic mass is 79.9. The summed E-state index contributed by atoms with van der Waals surface area (Å²) in [5.41, 5.74) is 5.78. The lowest BCUT2D eigenvalue weighted by molar-refractivity contribution is 0.144. The predicted octanol–water partition coefficient (Wildman–Crippen LogP) is 2.64. The Morgan fingerprint density at radius 2 is 2.38 bits per heavy atom. The number of nitrogens with two attached hydrogens (primary N) is 1. The van der Waals surface area contributed by atoms with Gasteiger partial charge in [0.15, 0.2) is 0 Å². The molecule has 6 heteroatoms. The third-order valence-electron chi connectivity index (χ3n) is 2.88. The molecule has 0 aromatic carbocycles. The number of piperidine rings is 1. The van der Waals surface area contributed by atoms with Gasteiger partial charge in [0.2, 0.25) is 0 Å². The highest BCUT2D eigenvalue weighted by Gasteiger charge is 2.21. The standard InChI is InChI=1S/C10H16BrN3S.ClH/c11-9-6-13-10(15-9)7-14-4-2-1-3-8(14)5-12;/h6,8H,1-5,7,12H2;1H. The van der Waals surface area contributed by atoms with Crippen molar-refractivity contribution in [2.24, 2.45) is 5.73 Å². The van der Waals surface area contributed by atoms with Crippen LogP contribution < -0.4 is 5.73 Å². The van der Waals surface area contributed by atoms with Gasteiger partial charge >= 0.3 is 0 Å². The van der Waals surface area contributed by atoms with E-state index in [4.69, 9.17) is 5.73 Å². The van der Waals surface area contributed by atoms with Crippen LogP contribution in [0.2, 0.25) is 0 Å². The van der Waals surface area contributed by atoms with Gasteiger partial charge in [-0.2, -0.15) is 0 Å². The van der Waals surface area contributed by atoms with Gasteiger partial charge in [-0.15, -0.1) is 23.7 Å². The fourth-order valence-electron chi connectivity index (χ4n) is 2.07. The molecule has 0 spiro atoms. The molecule has 1 aromatic rings. The molecule has 0 aliphatic carbocycles. The van der Waals surface area contributed by atoms with Crippen molar-refractivity contribution in [3.8, 4) is 0 Å². The van der Waals surface area contributed by atoms with Crippen LogP contribution in [0.3, 0.4) is 0 Å². The minimum atomic E-state index is 0. The molecular weight excluding hydrogens is 310 g/mol. The van der Waals surface area contributed by atoms with Crippen LogP contribution in [-0.4, -0.2) is 29.0 Å². The molecule has 2 N–H and O–H groups in total. The molecule has 1 fully saturated rings. The summed E-state index contributed by atoms with van der Waals surface area (Å²) in [6, 6.07) is 0.557. The molecular formula is C10H17BrClN3S.